The van der Waals surface area contributed by atoms with Gasteiger partial charge in [0.1, 0.15) is 17.0 Å². The second kappa shape index (κ2) is 8.82. The van der Waals surface area contributed by atoms with E-state index in [0.29, 0.717) is 32.8 Å². The molecule has 1 fully saturated rings. The van der Waals surface area contributed by atoms with Gasteiger partial charge in [0.05, 0.1) is 39.2 Å². The molecular formula is C24H24Cl2N6O. The topological polar surface area (TPSA) is 81.2 Å². The van der Waals surface area contributed by atoms with Crippen molar-refractivity contribution in [2.24, 2.45) is 0 Å². The second-order valence-electron chi connectivity index (χ2n) is 8.16. The van der Waals surface area contributed by atoms with E-state index < -0.39 is 0 Å². The van der Waals surface area contributed by atoms with E-state index in [4.69, 9.17) is 33.2 Å². The summed E-state index contributed by atoms with van der Waals surface area (Å²) in [7, 11) is 0. The van der Waals surface area contributed by atoms with E-state index in [9.17, 15) is 5.11 Å². The molecule has 7 nitrogen and oxygen atoms in total. The number of aliphatic hydroxyl groups excluding tert-OH is 1. The molecule has 0 aliphatic carbocycles. The van der Waals surface area contributed by atoms with Crippen molar-refractivity contribution < 1.29 is 5.11 Å². The van der Waals surface area contributed by atoms with Crippen LogP contribution in [0.15, 0.2) is 36.4 Å². The number of nitrogens with one attached hydrogen (secondary N) is 1. The first-order valence-corrected chi connectivity index (χ1v) is 11.6. The predicted octanol–water partition coefficient (Wildman–Crippen LogP) is 4.76. The summed E-state index contributed by atoms with van der Waals surface area (Å²) >= 11 is 12.6. The molecule has 0 atom stereocenters. The number of anilines is 2. The molecule has 2 aromatic heterocycles. The van der Waals surface area contributed by atoms with Crippen LogP contribution in [0.2, 0.25) is 10.0 Å². The molecule has 2 N–H and O–H groups in total. The van der Waals surface area contributed by atoms with Crippen LogP contribution in [0, 0.1) is 13.8 Å². The van der Waals surface area contributed by atoms with Gasteiger partial charge < -0.3 is 19.9 Å². The summed E-state index contributed by atoms with van der Waals surface area (Å²) in [6, 6.07) is 11.7. The van der Waals surface area contributed by atoms with Crippen LogP contribution in [-0.4, -0.2) is 51.2 Å². The molecular weight excluding hydrogens is 459 g/mol. The van der Waals surface area contributed by atoms with E-state index in [-0.39, 0.29) is 6.61 Å². The second-order valence-corrected chi connectivity index (χ2v) is 8.94. The zero-order valence-electron chi connectivity index (χ0n) is 18.4. The first-order valence-electron chi connectivity index (χ1n) is 10.8. The molecule has 3 heterocycles. The Bertz CT molecular complexity index is 1330. The van der Waals surface area contributed by atoms with Crippen molar-refractivity contribution in [1.82, 2.24) is 19.9 Å². The van der Waals surface area contributed by atoms with Gasteiger partial charge in [-0.3, -0.25) is 0 Å². The van der Waals surface area contributed by atoms with E-state index in [2.05, 4.69) is 38.0 Å². The van der Waals surface area contributed by atoms with Crippen molar-refractivity contribution in [2.45, 2.75) is 20.5 Å². The number of hydrogen-bond donors (Lipinski definition) is 2. The molecule has 0 radical (unpaired) electrons. The number of para-hydroxylation sites is 1. The van der Waals surface area contributed by atoms with Crippen LogP contribution < -0.4 is 9.80 Å². The normalized spacial score (nSPS) is 14.3. The van der Waals surface area contributed by atoms with Gasteiger partial charge in [0.15, 0.2) is 5.82 Å². The van der Waals surface area contributed by atoms with Crippen LogP contribution in [0.4, 0.5) is 11.5 Å². The highest BCUT2D eigenvalue weighted by molar-refractivity contribution is 6.43. The van der Waals surface area contributed by atoms with Crippen LogP contribution in [0.3, 0.4) is 0 Å². The van der Waals surface area contributed by atoms with Gasteiger partial charge in [-0.2, -0.15) is 0 Å². The minimum absolute atomic E-state index is 0.208. The summed E-state index contributed by atoms with van der Waals surface area (Å²) in [5.74, 6) is 1.62. The number of aromatic amines is 1. The summed E-state index contributed by atoms with van der Waals surface area (Å²) in [6.07, 6.45) is 0. The van der Waals surface area contributed by atoms with E-state index in [0.717, 1.165) is 54.4 Å². The lowest BCUT2D eigenvalue weighted by Crippen LogP contribution is -2.47. The zero-order valence-corrected chi connectivity index (χ0v) is 20.0. The number of nitrogens with zero attached hydrogens (tertiary/aromatic N) is 5. The molecule has 2 aromatic carbocycles. The fourth-order valence-electron chi connectivity index (χ4n) is 4.40. The Morgan fingerprint density at radius 1 is 0.939 bits per heavy atom. The number of imidazole rings is 1. The van der Waals surface area contributed by atoms with Crippen molar-refractivity contribution in [3.05, 3.63) is 63.7 Å². The highest BCUT2D eigenvalue weighted by Crippen LogP contribution is 2.35. The number of fused-ring (bicyclic) bond motifs is 1. The summed E-state index contributed by atoms with van der Waals surface area (Å²) in [4.78, 5) is 22.1. The molecule has 0 unspecified atom stereocenters. The maximum absolute atomic E-state index is 10.1. The Morgan fingerprint density at radius 2 is 1.67 bits per heavy atom. The van der Waals surface area contributed by atoms with E-state index in [1.165, 1.54) is 0 Å². The summed E-state index contributed by atoms with van der Waals surface area (Å²) < 4.78 is 0. The van der Waals surface area contributed by atoms with Crippen LogP contribution >= 0.6 is 23.2 Å². The van der Waals surface area contributed by atoms with Crippen molar-refractivity contribution in [3.63, 3.8) is 0 Å². The molecule has 0 bridgehead atoms. The fourth-order valence-corrected chi connectivity index (χ4v) is 4.79. The Balaban J connectivity index is 1.41. The first kappa shape index (κ1) is 21.9. The number of aryl methyl sites for hydroxylation is 2. The molecule has 1 aliphatic heterocycles. The van der Waals surface area contributed by atoms with Crippen molar-refractivity contribution >= 4 is 45.7 Å². The number of rotatable bonds is 4. The number of benzene rings is 2. The predicted molar refractivity (Wildman–Crippen MR) is 133 cm³/mol. The SMILES string of the molecule is Cc1nc2c(N3CCN(c4nc(C)c(-c5cccc(Cl)c5Cl)nc4CO)CC3)cccc2[nH]1. The van der Waals surface area contributed by atoms with Crippen LogP contribution in [0.5, 0.6) is 0 Å². The molecule has 9 heteroatoms. The Kier molecular flexibility index (Phi) is 5.86. The molecule has 1 saturated heterocycles. The summed E-state index contributed by atoms with van der Waals surface area (Å²) in [6.45, 7) is 6.83. The monoisotopic (exact) mass is 482 g/mol. The number of aliphatic hydroxyl groups is 1. The van der Waals surface area contributed by atoms with Gasteiger partial charge in [-0.05, 0) is 32.0 Å². The number of hydrogen-bond acceptors (Lipinski definition) is 6. The smallest absolute Gasteiger partial charge is 0.153 e. The van der Waals surface area contributed by atoms with Gasteiger partial charge in [0.2, 0.25) is 0 Å². The molecule has 0 amide bonds. The molecule has 0 saturated carbocycles. The largest absolute Gasteiger partial charge is 0.390 e. The lowest BCUT2D eigenvalue weighted by molar-refractivity contribution is 0.276. The molecule has 170 valence electrons. The first-order chi connectivity index (χ1) is 16.0. The maximum Gasteiger partial charge on any atom is 0.153 e. The maximum atomic E-state index is 10.1. The summed E-state index contributed by atoms with van der Waals surface area (Å²) in [5.41, 5.74) is 5.80. The molecule has 4 aromatic rings. The summed E-state index contributed by atoms with van der Waals surface area (Å²) in [5, 5.41) is 11.0. The quantitative estimate of drug-likeness (QED) is 0.436. The minimum atomic E-state index is -0.208. The average Bonchev–Trinajstić information content (AvgIpc) is 3.21. The van der Waals surface area contributed by atoms with Gasteiger partial charge in [0, 0.05) is 31.7 Å². The third kappa shape index (κ3) is 4.01. The minimum Gasteiger partial charge on any atom is -0.390 e. The molecule has 1 aliphatic rings. The van der Waals surface area contributed by atoms with Gasteiger partial charge in [-0.15, -0.1) is 0 Å². The Labute approximate surface area is 202 Å². The lowest BCUT2D eigenvalue weighted by Gasteiger charge is -2.37. The third-order valence-corrected chi connectivity index (χ3v) is 6.83. The molecule has 0 spiro atoms. The van der Waals surface area contributed by atoms with E-state index in [1.54, 1.807) is 6.07 Å². The van der Waals surface area contributed by atoms with E-state index >= 15 is 0 Å². The van der Waals surface area contributed by atoms with Crippen LogP contribution in [-0.2, 0) is 6.61 Å². The lowest BCUT2D eigenvalue weighted by atomic mass is 10.1. The number of halogens is 2. The fraction of sp³-hybridized carbons (Fsp3) is 0.292. The highest BCUT2D eigenvalue weighted by atomic mass is 35.5. The number of H-pyrrole nitrogens is 1. The molecule has 5 rings (SSSR count). The van der Waals surface area contributed by atoms with Gasteiger partial charge in [-0.25, -0.2) is 15.0 Å². The van der Waals surface area contributed by atoms with Crippen molar-refractivity contribution in [1.29, 1.82) is 0 Å². The zero-order chi connectivity index (χ0) is 23.1. The standard InChI is InChI=1S/C24H24Cl2N6O/c1-14-22(16-5-3-6-17(25)21(16)26)30-19(13-33)24(27-14)32-11-9-31(10-12-32)20-8-4-7-18-23(20)29-15(2)28-18/h3-8,33H,9-13H2,1-2H3,(H,28,29). The van der Waals surface area contributed by atoms with E-state index in [1.807, 2.05) is 26.0 Å². The number of piperazine rings is 1. The van der Waals surface area contributed by atoms with Gasteiger partial charge in [0.25, 0.3) is 0 Å². The Morgan fingerprint density at radius 3 is 2.42 bits per heavy atom. The van der Waals surface area contributed by atoms with Crippen LogP contribution in [0.25, 0.3) is 22.3 Å². The van der Waals surface area contributed by atoms with Gasteiger partial charge >= 0.3 is 0 Å². The highest BCUT2D eigenvalue weighted by Gasteiger charge is 2.24. The van der Waals surface area contributed by atoms with Crippen molar-refractivity contribution in [3.8, 4) is 11.3 Å². The average molecular weight is 483 g/mol. The Hall–Kier alpha value is -2.87. The van der Waals surface area contributed by atoms with Crippen molar-refractivity contribution in [2.75, 3.05) is 36.0 Å². The molecule has 33 heavy (non-hydrogen) atoms. The third-order valence-electron chi connectivity index (χ3n) is 6.01. The number of aromatic nitrogens is 4. The van der Waals surface area contributed by atoms with Crippen LogP contribution in [0.1, 0.15) is 17.2 Å². The van der Waals surface area contributed by atoms with Gasteiger partial charge in [-0.1, -0.05) is 41.4 Å².